The summed E-state index contributed by atoms with van der Waals surface area (Å²) in [5, 5.41) is 8.55. The van der Waals surface area contributed by atoms with E-state index in [-0.39, 0.29) is 23.8 Å². The molecule has 2 aromatic rings. The number of rotatable bonds is 7. The molecule has 3 N–H and O–H groups in total. The van der Waals surface area contributed by atoms with Gasteiger partial charge in [0, 0.05) is 43.3 Å². The molecule has 1 aliphatic rings. The molecule has 7 nitrogen and oxygen atoms in total. The minimum absolute atomic E-state index is 0.0743. The first kappa shape index (κ1) is 22.3. The number of nitrogens with zero attached hydrogens (tertiary/aromatic N) is 1. The normalized spacial score (nSPS) is 13.4. The molecule has 0 aliphatic carbocycles. The van der Waals surface area contributed by atoms with E-state index >= 15 is 0 Å². The average Bonchev–Trinajstić information content (AvgIpc) is 3.13. The van der Waals surface area contributed by atoms with Gasteiger partial charge in [-0.15, -0.1) is 0 Å². The molecule has 4 amide bonds. The van der Waals surface area contributed by atoms with Crippen LogP contribution in [0.4, 0.5) is 16.2 Å². The molecule has 1 heterocycles. The lowest BCUT2D eigenvalue weighted by Crippen LogP contribution is -2.28. The summed E-state index contributed by atoms with van der Waals surface area (Å²) in [5.74, 6) is 0.000204. The van der Waals surface area contributed by atoms with Crippen molar-refractivity contribution in [3.05, 3.63) is 59.2 Å². The maximum absolute atomic E-state index is 12.4. The predicted octanol–water partition coefficient (Wildman–Crippen LogP) is 4.03. The molecular formula is C24H30N4O3. The number of urea groups is 1. The quantitative estimate of drug-likeness (QED) is 0.629. The zero-order chi connectivity index (χ0) is 22.4. The summed E-state index contributed by atoms with van der Waals surface area (Å²) in [6.07, 6.45) is 1.55. The van der Waals surface area contributed by atoms with E-state index in [0.29, 0.717) is 30.9 Å². The van der Waals surface area contributed by atoms with Gasteiger partial charge in [-0.05, 0) is 42.2 Å². The van der Waals surface area contributed by atoms with Gasteiger partial charge < -0.3 is 20.9 Å². The van der Waals surface area contributed by atoms with E-state index < -0.39 is 0 Å². The highest BCUT2D eigenvalue weighted by Crippen LogP contribution is 2.21. The molecule has 0 spiro atoms. The smallest absolute Gasteiger partial charge is 0.319 e. The van der Waals surface area contributed by atoms with Crippen LogP contribution in [-0.4, -0.2) is 29.3 Å². The summed E-state index contributed by atoms with van der Waals surface area (Å²) in [7, 11) is 0. The van der Waals surface area contributed by atoms with Crippen molar-refractivity contribution in [3.8, 4) is 0 Å². The van der Waals surface area contributed by atoms with Gasteiger partial charge in [-0.1, -0.05) is 44.2 Å². The number of hydrogen-bond donors (Lipinski definition) is 3. The Morgan fingerprint density at radius 2 is 1.84 bits per heavy atom. The van der Waals surface area contributed by atoms with Crippen LogP contribution in [-0.2, 0) is 22.7 Å². The minimum Gasteiger partial charge on any atom is -0.338 e. The lowest BCUT2D eigenvalue weighted by Gasteiger charge is -2.16. The summed E-state index contributed by atoms with van der Waals surface area (Å²) in [6, 6.07) is 13.0. The van der Waals surface area contributed by atoms with Crippen LogP contribution in [0.15, 0.2) is 42.5 Å². The van der Waals surface area contributed by atoms with E-state index in [1.807, 2.05) is 62.1 Å². The number of anilines is 2. The first-order valence-corrected chi connectivity index (χ1v) is 10.6. The van der Waals surface area contributed by atoms with Gasteiger partial charge >= 0.3 is 6.03 Å². The maximum Gasteiger partial charge on any atom is 0.319 e. The first-order valence-electron chi connectivity index (χ1n) is 10.6. The molecule has 0 radical (unpaired) electrons. The van der Waals surface area contributed by atoms with Crippen LogP contribution in [0.25, 0.3) is 0 Å². The molecule has 0 aromatic heterocycles. The van der Waals surface area contributed by atoms with Crippen molar-refractivity contribution >= 4 is 29.2 Å². The number of carbonyl (C=O) groups excluding carboxylic acids is 3. The molecule has 0 saturated carbocycles. The van der Waals surface area contributed by atoms with Gasteiger partial charge in [0.2, 0.25) is 11.8 Å². The van der Waals surface area contributed by atoms with Crippen LogP contribution in [0.2, 0.25) is 0 Å². The summed E-state index contributed by atoms with van der Waals surface area (Å²) < 4.78 is 0. The van der Waals surface area contributed by atoms with E-state index in [9.17, 15) is 14.4 Å². The van der Waals surface area contributed by atoms with Crippen molar-refractivity contribution in [1.29, 1.82) is 0 Å². The maximum atomic E-state index is 12.4. The highest BCUT2D eigenvalue weighted by Gasteiger charge is 2.20. The van der Waals surface area contributed by atoms with Gasteiger partial charge in [-0.25, -0.2) is 4.79 Å². The zero-order valence-corrected chi connectivity index (χ0v) is 18.3. The fraction of sp³-hybridized carbons (Fsp3) is 0.375. The highest BCUT2D eigenvalue weighted by atomic mass is 16.2. The lowest BCUT2D eigenvalue weighted by molar-refractivity contribution is -0.128. The van der Waals surface area contributed by atoms with Gasteiger partial charge in [0.15, 0.2) is 0 Å². The standard InChI is InChI=1S/C24H30N4O3/c1-16(2)23(30)26-20-10-9-17(3)21(13-20)27-24(31)25-14-18-6-4-7-19(12-18)15-28-11-5-8-22(28)29/h4,6-7,9-10,12-13,16H,5,8,11,14-15H2,1-3H3,(H,26,30)(H2,25,27,31). The summed E-state index contributed by atoms with van der Waals surface area (Å²) in [4.78, 5) is 38.0. The van der Waals surface area contributed by atoms with Crippen LogP contribution in [0.5, 0.6) is 0 Å². The molecular weight excluding hydrogens is 392 g/mol. The summed E-state index contributed by atoms with van der Waals surface area (Å²) in [6.45, 7) is 7.33. The molecule has 1 fully saturated rings. The van der Waals surface area contributed by atoms with Gasteiger partial charge in [0.25, 0.3) is 0 Å². The Bertz CT molecular complexity index is 971. The Balaban J connectivity index is 1.56. The number of amides is 4. The van der Waals surface area contributed by atoms with E-state index in [1.165, 1.54) is 0 Å². The van der Waals surface area contributed by atoms with Crippen molar-refractivity contribution in [3.63, 3.8) is 0 Å². The van der Waals surface area contributed by atoms with Gasteiger partial charge in [0.1, 0.15) is 0 Å². The van der Waals surface area contributed by atoms with Crippen LogP contribution >= 0.6 is 0 Å². The van der Waals surface area contributed by atoms with Gasteiger partial charge in [-0.3, -0.25) is 9.59 Å². The molecule has 0 atom stereocenters. The second-order valence-electron chi connectivity index (χ2n) is 8.22. The van der Waals surface area contributed by atoms with Crippen LogP contribution < -0.4 is 16.0 Å². The molecule has 1 aliphatic heterocycles. The van der Waals surface area contributed by atoms with Crippen molar-refractivity contribution in [2.75, 3.05) is 17.2 Å². The molecule has 164 valence electrons. The first-order chi connectivity index (χ1) is 14.8. The third-order valence-electron chi connectivity index (χ3n) is 5.27. The molecule has 31 heavy (non-hydrogen) atoms. The number of benzene rings is 2. The third kappa shape index (κ3) is 6.31. The number of nitrogens with one attached hydrogen (secondary N) is 3. The summed E-state index contributed by atoms with van der Waals surface area (Å²) in [5.41, 5.74) is 4.20. The Morgan fingerprint density at radius 3 is 2.55 bits per heavy atom. The molecule has 2 aromatic carbocycles. The van der Waals surface area contributed by atoms with Crippen molar-refractivity contribution in [2.45, 2.75) is 46.7 Å². The van der Waals surface area contributed by atoms with Gasteiger partial charge in [0.05, 0.1) is 0 Å². The minimum atomic E-state index is -0.324. The lowest BCUT2D eigenvalue weighted by atomic mass is 10.1. The number of carbonyl (C=O) groups is 3. The van der Waals surface area contributed by atoms with Crippen molar-refractivity contribution in [2.24, 2.45) is 5.92 Å². The molecule has 7 heteroatoms. The number of likely N-dealkylation sites (tertiary alicyclic amines) is 1. The monoisotopic (exact) mass is 422 g/mol. The molecule has 0 bridgehead atoms. The van der Waals surface area contributed by atoms with E-state index in [4.69, 9.17) is 0 Å². The topological polar surface area (TPSA) is 90.5 Å². The predicted molar refractivity (Wildman–Crippen MR) is 122 cm³/mol. The SMILES string of the molecule is Cc1ccc(NC(=O)C(C)C)cc1NC(=O)NCc1cccc(CN2CCCC2=O)c1. The Labute approximate surface area is 183 Å². The molecule has 3 rings (SSSR count). The Morgan fingerprint density at radius 1 is 1.06 bits per heavy atom. The van der Waals surface area contributed by atoms with Crippen LogP contribution in [0.1, 0.15) is 43.4 Å². The van der Waals surface area contributed by atoms with E-state index in [2.05, 4.69) is 16.0 Å². The molecule has 1 saturated heterocycles. The number of hydrogen-bond acceptors (Lipinski definition) is 3. The Kier molecular flexibility index (Phi) is 7.28. The largest absolute Gasteiger partial charge is 0.338 e. The fourth-order valence-corrected chi connectivity index (χ4v) is 3.40. The van der Waals surface area contributed by atoms with Gasteiger partial charge in [-0.2, -0.15) is 0 Å². The second kappa shape index (κ2) is 10.1. The summed E-state index contributed by atoms with van der Waals surface area (Å²) >= 11 is 0. The van der Waals surface area contributed by atoms with Crippen molar-refractivity contribution in [1.82, 2.24) is 10.2 Å². The van der Waals surface area contributed by atoms with Crippen LogP contribution in [0.3, 0.4) is 0 Å². The highest BCUT2D eigenvalue weighted by molar-refractivity contribution is 5.94. The zero-order valence-electron chi connectivity index (χ0n) is 18.3. The van der Waals surface area contributed by atoms with E-state index in [1.54, 1.807) is 6.07 Å². The third-order valence-corrected chi connectivity index (χ3v) is 5.27. The molecule has 0 unspecified atom stereocenters. The number of aryl methyl sites for hydroxylation is 1. The fourth-order valence-electron chi connectivity index (χ4n) is 3.40. The average molecular weight is 423 g/mol. The van der Waals surface area contributed by atoms with Crippen LogP contribution in [0, 0.1) is 12.8 Å². The van der Waals surface area contributed by atoms with E-state index in [0.717, 1.165) is 29.7 Å². The Hall–Kier alpha value is -3.35. The second-order valence-corrected chi connectivity index (χ2v) is 8.22. The van der Waals surface area contributed by atoms with Crippen molar-refractivity contribution < 1.29 is 14.4 Å².